The highest BCUT2D eigenvalue weighted by molar-refractivity contribution is 6.18. The Kier molecular flexibility index (Phi) is 9.17. The number of hydrogen-bond acceptors (Lipinski definition) is 2. The Morgan fingerprint density at radius 1 is 0.293 bits per heavy atom. The number of rotatable bonds is 6. The summed E-state index contributed by atoms with van der Waals surface area (Å²) >= 11 is 0. The van der Waals surface area contributed by atoms with Crippen molar-refractivity contribution in [3.8, 4) is 67.8 Å². The van der Waals surface area contributed by atoms with Crippen LogP contribution < -0.4 is 0 Å². The summed E-state index contributed by atoms with van der Waals surface area (Å²) in [7, 11) is 0. The van der Waals surface area contributed by atoms with Crippen molar-refractivity contribution in [3.05, 3.63) is 272 Å². The van der Waals surface area contributed by atoms with Gasteiger partial charge in [0.2, 0.25) is 0 Å². The molecule has 1 aliphatic rings. The molecule has 82 heavy (non-hydrogen) atoms. The summed E-state index contributed by atoms with van der Waals surface area (Å²) < 4.78 is 9.66. The van der Waals surface area contributed by atoms with Crippen LogP contribution in [0.2, 0.25) is 0 Å². The van der Waals surface area contributed by atoms with Gasteiger partial charge in [-0.3, -0.25) is 0 Å². The average molecular weight is 1040 g/mol. The lowest BCUT2D eigenvalue weighted by Gasteiger charge is -2.17. The fourth-order valence-electron chi connectivity index (χ4n) is 13.8. The van der Waals surface area contributed by atoms with Crippen LogP contribution in [0, 0.1) is 6.57 Å². The normalized spacial score (nSPS) is 12.1. The lowest BCUT2D eigenvalue weighted by Crippen LogP contribution is -2.03. The van der Waals surface area contributed by atoms with Crippen LogP contribution in [0.15, 0.2) is 261 Å². The minimum Gasteiger partial charge on any atom is -0.309 e. The zero-order chi connectivity index (χ0) is 53.7. The van der Waals surface area contributed by atoms with E-state index in [1.54, 1.807) is 0 Å². The molecule has 18 rings (SSSR count). The van der Waals surface area contributed by atoms with Gasteiger partial charge in [-0.05, 0) is 113 Å². The van der Waals surface area contributed by atoms with E-state index in [-0.39, 0.29) is 0 Å². The van der Waals surface area contributed by atoms with E-state index in [4.69, 9.17) is 16.5 Å². The van der Waals surface area contributed by atoms with Crippen molar-refractivity contribution in [3.63, 3.8) is 0 Å². The molecule has 5 aromatic heterocycles. The number of aromatic nitrogens is 6. The molecule has 5 heterocycles. The molecule has 0 bridgehead atoms. The molecule has 0 amide bonds. The lowest BCUT2D eigenvalue weighted by molar-refractivity contribution is 1.12. The maximum atomic E-state index is 7.81. The summed E-state index contributed by atoms with van der Waals surface area (Å²) in [6.45, 7) is 7.81. The van der Waals surface area contributed by atoms with Gasteiger partial charge in [-0.2, -0.15) is 0 Å². The van der Waals surface area contributed by atoms with Crippen molar-refractivity contribution in [2.45, 2.75) is 0 Å². The van der Waals surface area contributed by atoms with E-state index >= 15 is 0 Å². The van der Waals surface area contributed by atoms with Gasteiger partial charge in [0.15, 0.2) is 11.5 Å². The predicted molar refractivity (Wildman–Crippen MR) is 338 cm³/mol. The molecule has 12 aromatic carbocycles. The van der Waals surface area contributed by atoms with Crippen LogP contribution in [0.5, 0.6) is 0 Å². The highest BCUT2D eigenvalue weighted by atomic mass is 15.0. The monoisotopic (exact) mass is 1040 g/mol. The van der Waals surface area contributed by atoms with Gasteiger partial charge >= 0.3 is 0 Å². The molecule has 378 valence electrons. The smallest absolute Gasteiger partial charge is 0.187 e. The fraction of sp³-hybridized carbons (Fsp3) is 0. The molecule has 0 aliphatic heterocycles. The standard InChI is InChI=1S/C75H43N7/c1-76-48-34-32-46(33-35-48)73-72-59-24-14-16-45-17-15-25-60(71(45)59)74(72)78-75(77-73)47-40-51(81-67-30-12-6-22-57(67)61-43-49(36-38-69(61)81)79-63-26-8-2-18-53(63)54-19-3-9-27-64(54)79)42-52(41-47)82-68-31-13-7-23-58(68)62-44-50(37-39-70(62)82)80-65-28-10-4-20-55(65)56-21-5-11-29-66(56)80/h2-44H. The zero-order valence-corrected chi connectivity index (χ0v) is 44.0. The summed E-state index contributed by atoms with van der Waals surface area (Å²) in [5.41, 5.74) is 20.5. The summed E-state index contributed by atoms with van der Waals surface area (Å²) in [6.07, 6.45) is 0. The van der Waals surface area contributed by atoms with Gasteiger partial charge in [0.05, 0.1) is 62.1 Å². The van der Waals surface area contributed by atoms with Crippen LogP contribution in [-0.2, 0) is 0 Å². The van der Waals surface area contributed by atoms with Gasteiger partial charge in [-0.15, -0.1) is 0 Å². The SMILES string of the molecule is [C-]#[N+]c1ccc(-c2nc(-c3cc(-n4c5ccccc5c5cc(-n6c7ccccc7c7ccccc76)ccc54)cc(-n4c5ccccc5c5cc(-n6c7ccccc7c7ccccc76)ccc54)c3)nc3c2-c2cccc4cccc-3c24)cc1. The molecule has 0 atom stereocenters. The van der Waals surface area contributed by atoms with E-state index in [0.29, 0.717) is 11.5 Å². The molecule has 0 radical (unpaired) electrons. The molecule has 0 saturated heterocycles. The van der Waals surface area contributed by atoms with Gasteiger partial charge in [-0.1, -0.05) is 170 Å². The van der Waals surface area contributed by atoms with Crippen molar-refractivity contribution in [1.82, 2.24) is 28.2 Å². The third kappa shape index (κ3) is 6.23. The molecule has 7 nitrogen and oxygen atoms in total. The summed E-state index contributed by atoms with van der Waals surface area (Å²) in [5.74, 6) is 0.611. The highest BCUT2D eigenvalue weighted by Crippen LogP contribution is 2.51. The number of para-hydroxylation sites is 6. The van der Waals surface area contributed by atoms with Crippen LogP contribution in [0.4, 0.5) is 5.69 Å². The molecular formula is C75H43N7. The Balaban J connectivity index is 0.916. The topological polar surface area (TPSA) is 49.9 Å². The van der Waals surface area contributed by atoms with Gasteiger partial charge in [0, 0.05) is 82.5 Å². The Morgan fingerprint density at radius 3 is 1.13 bits per heavy atom. The van der Waals surface area contributed by atoms with E-state index in [9.17, 15) is 0 Å². The quantitative estimate of drug-likeness (QED) is 0.156. The van der Waals surface area contributed by atoms with Crippen molar-refractivity contribution < 1.29 is 0 Å². The van der Waals surface area contributed by atoms with E-state index in [0.717, 1.165) is 111 Å². The number of nitrogens with zero attached hydrogens (tertiary/aromatic N) is 7. The van der Waals surface area contributed by atoms with Crippen molar-refractivity contribution in [2.75, 3.05) is 0 Å². The number of benzene rings is 12. The highest BCUT2D eigenvalue weighted by Gasteiger charge is 2.29. The minimum atomic E-state index is 0.583. The largest absolute Gasteiger partial charge is 0.309 e. The van der Waals surface area contributed by atoms with Crippen molar-refractivity contribution in [2.24, 2.45) is 0 Å². The van der Waals surface area contributed by atoms with Crippen LogP contribution in [0.1, 0.15) is 0 Å². The zero-order valence-electron chi connectivity index (χ0n) is 44.0. The number of fused-ring (bicyclic) bond motifs is 15. The molecule has 17 aromatic rings. The second kappa shape index (κ2) is 16.8. The molecule has 1 aliphatic carbocycles. The van der Waals surface area contributed by atoms with E-state index in [1.807, 2.05) is 24.3 Å². The fourth-order valence-corrected chi connectivity index (χ4v) is 13.8. The molecule has 0 spiro atoms. The average Bonchev–Trinajstić information content (AvgIpc) is 4.50. The number of hydrogen-bond donors (Lipinski definition) is 0. The van der Waals surface area contributed by atoms with E-state index in [1.165, 1.54) is 49.0 Å². The minimum absolute atomic E-state index is 0.583. The van der Waals surface area contributed by atoms with Gasteiger partial charge in [0.25, 0.3) is 0 Å². The van der Waals surface area contributed by atoms with E-state index < -0.39 is 0 Å². The second-order valence-electron chi connectivity index (χ2n) is 21.6. The Labute approximate surface area is 469 Å². The lowest BCUT2D eigenvalue weighted by atomic mass is 9.99. The molecule has 7 heteroatoms. The van der Waals surface area contributed by atoms with Crippen LogP contribution in [0.25, 0.3) is 171 Å². The molecule has 0 saturated carbocycles. The summed E-state index contributed by atoms with van der Waals surface area (Å²) in [5, 5.41) is 11.9. The Morgan fingerprint density at radius 2 is 0.683 bits per heavy atom. The maximum Gasteiger partial charge on any atom is 0.187 e. The molecule has 0 N–H and O–H groups in total. The van der Waals surface area contributed by atoms with Gasteiger partial charge in [-0.25, -0.2) is 14.8 Å². The first-order valence-electron chi connectivity index (χ1n) is 27.8. The Bertz CT molecular complexity index is 5300. The van der Waals surface area contributed by atoms with Crippen LogP contribution in [0.3, 0.4) is 0 Å². The Hall–Kier alpha value is -11.3. The first-order chi connectivity index (χ1) is 40.6. The van der Waals surface area contributed by atoms with Crippen molar-refractivity contribution >= 4 is 104 Å². The first-order valence-corrected chi connectivity index (χ1v) is 27.8. The van der Waals surface area contributed by atoms with Crippen LogP contribution >= 0.6 is 0 Å². The maximum absolute atomic E-state index is 7.81. The van der Waals surface area contributed by atoms with E-state index in [2.05, 4.69) is 260 Å². The van der Waals surface area contributed by atoms with Crippen molar-refractivity contribution in [1.29, 1.82) is 0 Å². The third-order valence-electron chi connectivity index (χ3n) is 17.3. The third-order valence-corrected chi connectivity index (χ3v) is 17.3. The molecule has 0 unspecified atom stereocenters. The molecule has 0 fully saturated rings. The van der Waals surface area contributed by atoms with Gasteiger partial charge in [0.1, 0.15) is 0 Å². The van der Waals surface area contributed by atoms with Crippen LogP contribution in [-0.4, -0.2) is 28.2 Å². The molecular weight excluding hydrogens is 999 g/mol. The van der Waals surface area contributed by atoms with Gasteiger partial charge < -0.3 is 18.3 Å². The predicted octanol–water partition coefficient (Wildman–Crippen LogP) is 19.6. The first kappa shape index (κ1) is 44.6. The summed E-state index contributed by atoms with van der Waals surface area (Å²) in [4.78, 5) is 15.1. The summed E-state index contributed by atoms with van der Waals surface area (Å²) in [6, 6.07) is 94.1. The second-order valence-corrected chi connectivity index (χ2v) is 21.6.